The van der Waals surface area contributed by atoms with Crippen molar-refractivity contribution in [1.29, 1.82) is 0 Å². The van der Waals surface area contributed by atoms with Crippen LogP contribution in [0.5, 0.6) is 11.5 Å². The number of carbonyl (C=O) groups excluding carboxylic acids is 2. The maximum absolute atomic E-state index is 13.0. The third-order valence-electron chi connectivity index (χ3n) is 5.00. The minimum atomic E-state index is -0.588. The summed E-state index contributed by atoms with van der Waals surface area (Å²) in [6.07, 6.45) is 0. The second kappa shape index (κ2) is 10.6. The van der Waals surface area contributed by atoms with E-state index >= 15 is 0 Å². The van der Waals surface area contributed by atoms with Crippen molar-refractivity contribution in [3.05, 3.63) is 59.7 Å². The lowest BCUT2D eigenvalue weighted by Gasteiger charge is -2.28. The van der Waals surface area contributed by atoms with E-state index in [1.54, 1.807) is 18.2 Å². The number of benzene rings is 2. The summed E-state index contributed by atoms with van der Waals surface area (Å²) in [6.45, 7) is 3.80. The first kappa shape index (κ1) is 21.6. The fourth-order valence-corrected chi connectivity index (χ4v) is 3.41. The molecule has 0 spiro atoms. The number of hydrogen-bond acceptors (Lipinski definition) is 5. The molecule has 2 aromatic rings. The monoisotopic (exact) mass is 414 g/mol. The van der Waals surface area contributed by atoms with Gasteiger partial charge in [0.25, 0.3) is 11.8 Å². The van der Waals surface area contributed by atoms with Gasteiger partial charge >= 0.3 is 0 Å². The SMILES string of the molecule is COc1cc(C(=O)N[C@H](C[NH+]2CCOCC2)c2ccccc2)ccc1OCC(N)=O. The maximum Gasteiger partial charge on any atom is 0.255 e. The van der Waals surface area contributed by atoms with Crippen molar-refractivity contribution in [2.24, 2.45) is 5.73 Å². The zero-order valence-electron chi connectivity index (χ0n) is 17.1. The molecule has 8 nitrogen and oxygen atoms in total. The average Bonchev–Trinajstić information content (AvgIpc) is 2.78. The number of quaternary nitrogens is 1. The van der Waals surface area contributed by atoms with Crippen LogP contribution in [0.1, 0.15) is 22.0 Å². The van der Waals surface area contributed by atoms with Gasteiger partial charge in [-0.25, -0.2) is 0 Å². The van der Waals surface area contributed by atoms with Crippen LogP contribution in [0.2, 0.25) is 0 Å². The van der Waals surface area contributed by atoms with Crippen LogP contribution in [0.25, 0.3) is 0 Å². The number of nitrogens with two attached hydrogens (primary N) is 1. The molecule has 0 aliphatic carbocycles. The number of hydrogen-bond donors (Lipinski definition) is 3. The number of nitrogens with one attached hydrogen (secondary N) is 2. The average molecular weight is 414 g/mol. The van der Waals surface area contributed by atoms with Crippen LogP contribution < -0.4 is 25.4 Å². The molecule has 1 aliphatic rings. The van der Waals surface area contributed by atoms with Gasteiger partial charge in [0.15, 0.2) is 18.1 Å². The largest absolute Gasteiger partial charge is 0.493 e. The lowest BCUT2D eigenvalue weighted by Crippen LogP contribution is -3.14. The quantitative estimate of drug-likeness (QED) is 0.534. The number of methoxy groups -OCH3 is 1. The molecule has 2 aromatic carbocycles. The van der Waals surface area contributed by atoms with E-state index in [0.29, 0.717) is 17.1 Å². The first-order chi connectivity index (χ1) is 14.6. The second-order valence-electron chi connectivity index (χ2n) is 7.12. The number of ether oxygens (including phenoxy) is 3. The number of rotatable bonds is 9. The van der Waals surface area contributed by atoms with Crippen LogP contribution in [0.4, 0.5) is 0 Å². The van der Waals surface area contributed by atoms with E-state index < -0.39 is 5.91 Å². The van der Waals surface area contributed by atoms with E-state index in [1.807, 2.05) is 30.3 Å². The van der Waals surface area contributed by atoms with Gasteiger partial charge < -0.3 is 30.2 Å². The molecule has 4 N–H and O–H groups in total. The molecular weight excluding hydrogens is 386 g/mol. The summed E-state index contributed by atoms with van der Waals surface area (Å²) in [5.74, 6) is -0.0874. The summed E-state index contributed by atoms with van der Waals surface area (Å²) >= 11 is 0. The van der Waals surface area contributed by atoms with E-state index in [4.69, 9.17) is 19.9 Å². The minimum Gasteiger partial charge on any atom is -0.493 e. The lowest BCUT2D eigenvalue weighted by molar-refractivity contribution is -0.909. The number of carbonyl (C=O) groups is 2. The van der Waals surface area contributed by atoms with Gasteiger partial charge in [-0.05, 0) is 23.8 Å². The van der Waals surface area contributed by atoms with Gasteiger partial charge in [-0.3, -0.25) is 9.59 Å². The fourth-order valence-electron chi connectivity index (χ4n) is 3.41. The van der Waals surface area contributed by atoms with Gasteiger partial charge in [-0.2, -0.15) is 0 Å². The highest BCUT2D eigenvalue weighted by Crippen LogP contribution is 2.28. The Morgan fingerprint density at radius 2 is 1.87 bits per heavy atom. The maximum atomic E-state index is 13.0. The summed E-state index contributed by atoms with van der Waals surface area (Å²) in [5.41, 5.74) is 6.61. The molecular formula is C22H28N3O5+. The highest BCUT2D eigenvalue weighted by atomic mass is 16.5. The van der Waals surface area contributed by atoms with Crippen molar-refractivity contribution in [3.63, 3.8) is 0 Å². The van der Waals surface area contributed by atoms with E-state index in [2.05, 4.69) is 5.32 Å². The molecule has 1 aliphatic heterocycles. The van der Waals surface area contributed by atoms with Crippen molar-refractivity contribution in [1.82, 2.24) is 5.32 Å². The van der Waals surface area contributed by atoms with Crippen LogP contribution in [0.15, 0.2) is 48.5 Å². The van der Waals surface area contributed by atoms with Crippen LogP contribution in [0, 0.1) is 0 Å². The molecule has 0 bridgehead atoms. The van der Waals surface area contributed by atoms with Crippen LogP contribution in [-0.4, -0.2) is 58.4 Å². The molecule has 160 valence electrons. The minimum absolute atomic E-state index is 0.136. The van der Waals surface area contributed by atoms with Crippen molar-refractivity contribution in [2.45, 2.75) is 6.04 Å². The Balaban J connectivity index is 1.75. The molecule has 1 atom stereocenters. The number of primary amides is 1. The van der Waals surface area contributed by atoms with E-state index in [9.17, 15) is 9.59 Å². The Kier molecular flexibility index (Phi) is 7.64. The smallest absolute Gasteiger partial charge is 0.255 e. The van der Waals surface area contributed by atoms with E-state index in [1.165, 1.54) is 12.0 Å². The predicted molar refractivity (Wildman–Crippen MR) is 111 cm³/mol. The molecule has 1 heterocycles. The Hall–Kier alpha value is -3.10. The Bertz CT molecular complexity index is 853. The lowest BCUT2D eigenvalue weighted by atomic mass is 10.0. The van der Waals surface area contributed by atoms with Gasteiger partial charge in [0.05, 0.1) is 20.3 Å². The van der Waals surface area contributed by atoms with Crippen molar-refractivity contribution in [2.75, 3.05) is 46.6 Å². The molecule has 0 aromatic heterocycles. The zero-order valence-corrected chi connectivity index (χ0v) is 17.1. The second-order valence-corrected chi connectivity index (χ2v) is 7.12. The van der Waals surface area contributed by atoms with Gasteiger partial charge in [0, 0.05) is 5.56 Å². The standard InChI is InChI=1S/C22H27N3O5/c1-28-20-13-17(7-8-19(20)30-15-21(23)26)22(27)24-18(16-5-3-2-4-6-16)14-25-9-11-29-12-10-25/h2-8,13,18H,9-12,14-15H2,1H3,(H2,23,26)(H,24,27)/p+1/t18-/m1/s1. The molecule has 0 radical (unpaired) electrons. The van der Waals surface area contributed by atoms with Crippen molar-refractivity contribution >= 4 is 11.8 Å². The highest BCUT2D eigenvalue weighted by Gasteiger charge is 2.24. The van der Waals surface area contributed by atoms with Gasteiger partial charge in [0.1, 0.15) is 25.7 Å². The van der Waals surface area contributed by atoms with Crippen molar-refractivity contribution < 1.29 is 28.7 Å². The predicted octanol–water partition coefficient (Wildman–Crippen LogP) is -0.0545. The summed E-state index contributed by atoms with van der Waals surface area (Å²) in [4.78, 5) is 25.3. The first-order valence-corrected chi connectivity index (χ1v) is 9.93. The van der Waals surface area contributed by atoms with Crippen molar-refractivity contribution in [3.8, 4) is 11.5 Å². The molecule has 1 fully saturated rings. The van der Waals surface area contributed by atoms with Crippen LogP contribution >= 0.6 is 0 Å². The Morgan fingerprint density at radius 3 is 2.53 bits per heavy atom. The molecule has 1 saturated heterocycles. The van der Waals surface area contributed by atoms with Crippen LogP contribution in [-0.2, 0) is 9.53 Å². The first-order valence-electron chi connectivity index (χ1n) is 9.93. The van der Waals surface area contributed by atoms with Gasteiger partial charge in [0.2, 0.25) is 0 Å². The number of amides is 2. The highest BCUT2D eigenvalue weighted by molar-refractivity contribution is 5.95. The fraction of sp³-hybridized carbons (Fsp3) is 0.364. The summed E-state index contributed by atoms with van der Waals surface area (Å²) in [5, 5.41) is 3.15. The molecule has 30 heavy (non-hydrogen) atoms. The van der Waals surface area contributed by atoms with E-state index in [-0.39, 0.29) is 18.6 Å². The molecule has 2 amide bonds. The zero-order chi connectivity index (χ0) is 21.3. The summed E-state index contributed by atoms with van der Waals surface area (Å²) in [7, 11) is 1.47. The summed E-state index contributed by atoms with van der Waals surface area (Å²) in [6, 6.07) is 14.6. The third kappa shape index (κ3) is 5.95. The van der Waals surface area contributed by atoms with Gasteiger partial charge in [-0.1, -0.05) is 30.3 Å². The third-order valence-corrected chi connectivity index (χ3v) is 5.00. The summed E-state index contributed by atoms with van der Waals surface area (Å²) < 4.78 is 16.1. The molecule has 8 heteroatoms. The Morgan fingerprint density at radius 1 is 1.13 bits per heavy atom. The van der Waals surface area contributed by atoms with Crippen LogP contribution in [0.3, 0.4) is 0 Å². The van der Waals surface area contributed by atoms with Gasteiger partial charge in [-0.15, -0.1) is 0 Å². The Labute approximate surface area is 175 Å². The molecule has 3 rings (SSSR count). The molecule has 0 saturated carbocycles. The topological polar surface area (TPSA) is 104 Å². The normalized spacial score (nSPS) is 15.2. The van der Waals surface area contributed by atoms with E-state index in [0.717, 1.165) is 38.4 Å². The number of morpholine rings is 1. The molecule has 0 unspecified atom stereocenters.